The molecular weight excluding hydrogens is 606 g/mol. The van der Waals surface area contributed by atoms with Gasteiger partial charge in [0.1, 0.15) is 0 Å². The average Bonchev–Trinajstić information content (AvgIpc) is 3.02. The molecule has 0 atom stereocenters. The lowest BCUT2D eigenvalue weighted by Gasteiger charge is -2.34. The maximum Gasteiger partial charge on any atom is 0.225 e. The van der Waals surface area contributed by atoms with Crippen molar-refractivity contribution >= 4 is 29.4 Å². The van der Waals surface area contributed by atoms with Gasteiger partial charge >= 0.3 is 0 Å². The molecule has 2 aromatic heterocycles. The molecule has 1 aromatic carbocycles. The number of ether oxygens (including phenoxy) is 1. The van der Waals surface area contributed by atoms with Gasteiger partial charge in [0.25, 0.3) is 0 Å². The minimum atomic E-state index is -1.11. The van der Waals surface area contributed by atoms with E-state index < -0.39 is 11.6 Å². The van der Waals surface area contributed by atoms with Crippen molar-refractivity contribution in [2.75, 3.05) is 57.3 Å². The third-order valence-electron chi connectivity index (χ3n) is 8.06. The van der Waals surface area contributed by atoms with Gasteiger partial charge < -0.3 is 20.7 Å². The SMILES string of the molecule is CC(=O)NCC1CCN(Cc2cc(Oc3cnc(N4CCN(CCC(N)=O)CC4)nc3)nc(-c3cc(F)c(F)c(Cl)c3)c2)CC1. The monoisotopic (exact) mass is 642 g/mol. The van der Waals surface area contributed by atoms with Crippen LogP contribution in [0.1, 0.15) is 31.7 Å². The maximum absolute atomic E-state index is 14.3. The highest BCUT2D eigenvalue weighted by atomic mass is 35.5. The van der Waals surface area contributed by atoms with E-state index in [-0.39, 0.29) is 22.7 Å². The van der Waals surface area contributed by atoms with E-state index in [9.17, 15) is 18.4 Å². The number of benzene rings is 1. The first-order chi connectivity index (χ1) is 21.6. The first-order valence-corrected chi connectivity index (χ1v) is 15.4. The van der Waals surface area contributed by atoms with Gasteiger partial charge in [-0.3, -0.25) is 19.4 Å². The number of aromatic nitrogens is 3. The molecule has 45 heavy (non-hydrogen) atoms. The Morgan fingerprint density at radius 3 is 2.38 bits per heavy atom. The molecule has 0 radical (unpaired) electrons. The van der Waals surface area contributed by atoms with Crippen LogP contribution in [0.5, 0.6) is 11.6 Å². The van der Waals surface area contributed by atoms with Gasteiger partial charge in [0.05, 0.1) is 23.1 Å². The highest BCUT2D eigenvalue weighted by molar-refractivity contribution is 6.31. The molecule has 0 unspecified atom stereocenters. The number of carbonyl (C=O) groups is 2. The van der Waals surface area contributed by atoms with Crippen LogP contribution in [-0.4, -0.2) is 88.9 Å². The summed E-state index contributed by atoms with van der Waals surface area (Å²) < 4.78 is 34.3. The Morgan fingerprint density at radius 1 is 1.02 bits per heavy atom. The summed E-state index contributed by atoms with van der Waals surface area (Å²) in [5.41, 5.74) is 6.85. The Morgan fingerprint density at radius 2 is 1.73 bits per heavy atom. The number of hydrogen-bond acceptors (Lipinski definition) is 9. The average molecular weight is 643 g/mol. The van der Waals surface area contributed by atoms with Crippen LogP contribution < -0.4 is 20.7 Å². The molecule has 5 rings (SSSR count). The highest BCUT2D eigenvalue weighted by Crippen LogP contribution is 2.31. The number of anilines is 1. The van der Waals surface area contributed by atoms with E-state index in [2.05, 4.69) is 35.0 Å². The molecule has 0 saturated carbocycles. The number of carbonyl (C=O) groups excluding carboxylic acids is 2. The Bertz CT molecular complexity index is 1470. The van der Waals surface area contributed by atoms with Crippen LogP contribution in [0.15, 0.2) is 36.7 Å². The summed E-state index contributed by atoms with van der Waals surface area (Å²) >= 11 is 5.96. The van der Waals surface area contributed by atoms with Crippen LogP contribution in [-0.2, 0) is 16.1 Å². The molecule has 2 amide bonds. The molecule has 240 valence electrons. The van der Waals surface area contributed by atoms with Crippen molar-refractivity contribution in [3.63, 3.8) is 0 Å². The first kappa shape index (κ1) is 32.5. The van der Waals surface area contributed by atoms with Crippen molar-refractivity contribution in [3.05, 3.63) is 58.9 Å². The Hall–Kier alpha value is -3.94. The fourth-order valence-electron chi connectivity index (χ4n) is 5.53. The van der Waals surface area contributed by atoms with Crippen LogP contribution in [0.2, 0.25) is 5.02 Å². The van der Waals surface area contributed by atoms with E-state index in [1.165, 1.54) is 13.0 Å². The molecule has 11 nitrogen and oxygen atoms in total. The predicted molar refractivity (Wildman–Crippen MR) is 166 cm³/mol. The quantitative estimate of drug-likeness (QED) is 0.301. The van der Waals surface area contributed by atoms with E-state index in [0.717, 1.165) is 50.7 Å². The number of hydrogen-bond donors (Lipinski definition) is 2. The number of nitrogens with one attached hydrogen (secondary N) is 1. The molecule has 3 aromatic rings. The molecule has 0 spiro atoms. The van der Waals surface area contributed by atoms with Crippen LogP contribution in [0, 0.1) is 17.6 Å². The van der Waals surface area contributed by atoms with Gasteiger partial charge in [-0.25, -0.2) is 23.7 Å². The van der Waals surface area contributed by atoms with Crippen LogP contribution in [0.25, 0.3) is 11.3 Å². The molecule has 2 fully saturated rings. The van der Waals surface area contributed by atoms with Crippen molar-refractivity contribution in [2.24, 2.45) is 11.7 Å². The molecule has 2 aliphatic rings. The standard InChI is InChI=1S/C31H37ClF2N8O3/c1-20(43)36-16-21-2-5-41(6-3-21)19-22-12-27(23-14-25(32)30(34)26(33)15-23)39-29(13-22)45-24-17-37-31(38-18-24)42-10-8-40(9-11-42)7-4-28(35)44/h12-15,17-18,21H,2-11,16,19H2,1H3,(H2,35,44)(H,36,43). The summed E-state index contributed by atoms with van der Waals surface area (Å²) in [5, 5.41) is 2.57. The first-order valence-electron chi connectivity index (χ1n) is 15.0. The predicted octanol–water partition coefficient (Wildman–Crippen LogP) is 3.61. The molecule has 4 heterocycles. The van der Waals surface area contributed by atoms with Crippen LogP contribution in [0.3, 0.4) is 0 Å². The largest absolute Gasteiger partial charge is 0.436 e. The van der Waals surface area contributed by atoms with E-state index in [0.29, 0.717) is 68.0 Å². The number of likely N-dealkylation sites (tertiary alicyclic amines) is 1. The molecular formula is C31H37ClF2N8O3. The van der Waals surface area contributed by atoms with Gasteiger partial charge in [-0.05, 0) is 55.6 Å². The van der Waals surface area contributed by atoms with Crippen LogP contribution >= 0.6 is 11.6 Å². The summed E-state index contributed by atoms with van der Waals surface area (Å²) in [6.45, 7) is 8.11. The number of nitrogens with zero attached hydrogens (tertiary/aromatic N) is 6. The van der Waals surface area contributed by atoms with Gasteiger partial charge in [-0.15, -0.1) is 0 Å². The van der Waals surface area contributed by atoms with Gasteiger partial charge in [0.2, 0.25) is 23.6 Å². The van der Waals surface area contributed by atoms with Crippen molar-refractivity contribution in [1.29, 1.82) is 0 Å². The number of primary amides is 1. The van der Waals surface area contributed by atoms with Crippen molar-refractivity contribution < 1.29 is 23.1 Å². The summed E-state index contributed by atoms with van der Waals surface area (Å²) in [6, 6.07) is 6.04. The molecule has 0 bridgehead atoms. The molecule has 0 aliphatic carbocycles. The minimum Gasteiger partial charge on any atom is -0.436 e. The topological polar surface area (TPSA) is 130 Å². The zero-order valence-corrected chi connectivity index (χ0v) is 25.9. The molecule has 14 heteroatoms. The number of piperazine rings is 1. The number of piperidine rings is 1. The zero-order chi connectivity index (χ0) is 31.9. The lowest BCUT2D eigenvalue weighted by molar-refractivity contribution is -0.119. The summed E-state index contributed by atoms with van der Waals surface area (Å²) in [4.78, 5) is 42.5. The fourth-order valence-corrected chi connectivity index (χ4v) is 5.74. The maximum atomic E-state index is 14.3. The van der Waals surface area contributed by atoms with E-state index in [4.69, 9.17) is 22.1 Å². The molecule has 2 aliphatic heterocycles. The van der Waals surface area contributed by atoms with Crippen molar-refractivity contribution in [1.82, 2.24) is 30.1 Å². The summed E-state index contributed by atoms with van der Waals surface area (Å²) in [6.07, 6.45) is 5.38. The number of rotatable bonds is 11. The van der Waals surface area contributed by atoms with Crippen LogP contribution in [0.4, 0.5) is 14.7 Å². The second kappa shape index (κ2) is 14.9. The van der Waals surface area contributed by atoms with E-state index in [1.54, 1.807) is 12.4 Å². The van der Waals surface area contributed by atoms with E-state index >= 15 is 0 Å². The summed E-state index contributed by atoms with van der Waals surface area (Å²) in [7, 11) is 0. The second-order valence-corrected chi connectivity index (χ2v) is 11.9. The molecule has 3 N–H and O–H groups in total. The van der Waals surface area contributed by atoms with Gasteiger partial charge in [-0.1, -0.05) is 11.6 Å². The van der Waals surface area contributed by atoms with E-state index in [1.807, 2.05) is 12.1 Å². The van der Waals surface area contributed by atoms with Crippen molar-refractivity contribution in [3.8, 4) is 22.9 Å². The van der Waals surface area contributed by atoms with Crippen molar-refractivity contribution in [2.45, 2.75) is 32.7 Å². The second-order valence-electron chi connectivity index (χ2n) is 11.5. The normalized spacial score (nSPS) is 16.5. The Balaban J connectivity index is 1.29. The Labute approximate surface area is 265 Å². The number of nitrogens with two attached hydrogens (primary N) is 1. The smallest absolute Gasteiger partial charge is 0.225 e. The summed E-state index contributed by atoms with van der Waals surface area (Å²) in [5.74, 6) is -0.890. The third-order valence-corrected chi connectivity index (χ3v) is 8.34. The zero-order valence-electron chi connectivity index (χ0n) is 25.1. The van der Waals surface area contributed by atoms with Gasteiger partial charge in [0.15, 0.2) is 17.4 Å². The lowest BCUT2D eigenvalue weighted by Crippen LogP contribution is -2.47. The number of halogens is 3. The molecule has 2 saturated heterocycles. The number of amides is 2. The Kier molecular flexibility index (Phi) is 10.7. The fraction of sp³-hybridized carbons (Fsp3) is 0.452. The third kappa shape index (κ3) is 9.05. The van der Waals surface area contributed by atoms with Gasteiger partial charge in [-0.2, -0.15) is 0 Å². The highest BCUT2D eigenvalue weighted by Gasteiger charge is 2.22. The number of pyridine rings is 1. The minimum absolute atomic E-state index is 0.0248. The lowest BCUT2D eigenvalue weighted by atomic mass is 9.96. The van der Waals surface area contributed by atoms with Gasteiger partial charge in [0, 0.05) is 70.8 Å².